The van der Waals surface area contributed by atoms with E-state index in [2.05, 4.69) is 11.1 Å². The van der Waals surface area contributed by atoms with Crippen molar-refractivity contribution >= 4 is 27.4 Å². The first-order valence-corrected chi connectivity index (χ1v) is 12.1. The second kappa shape index (κ2) is 7.98. The van der Waals surface area contributed by atoms with E-state index < -0.39 is 16.5 Å². The number of primary amides is 1. The maximum Gasteiger partial charge on any atom is 0.250 e. The normalized spacial score (nSPS) is 17.9. The molecular formula is C23H28N2O4S. The van der Waals surface area contributed by atoms with Crippen LogP contribution in [0.1, 0.15) is 48.5 Å². The van der Waals surface area contributed by atoms with Crippen molar-refractivity contribution in [3.05, 3.63) is 53.7 Å². The number of aromatic amines is 1. The van der Waals surface area contributed by atoms with Crippen molar-refractivity contribution < 1.29 is 18.6 Å². The third-order valence-corrected chi connectivity index (χ3v) is 7.43. The third-order valence-electron chi connectivity index (χ3n) is 5.65. The molecule has 1 saturated heterocycles. The van der Waals surface area contributed by atoms with E-state index in [1.165, 1.54) is 0 Å². The summed E-state index contributed by atoms with van der Waals surface area (Å²) in [4.78, 5) is 15.4. The summed E-state index contributed by atoms with van der Waals surface area (Å²) in [7, 11) is -2.45. The lowest BCUT2D eigenvalue weighted by atomic mass is 9.91. The van der Waals surface area contributed by atoms with E-state index in [4.69, 9.17) is 10.5 Å². The van der Waals surface area contributed by atoms with E-state index in [1.54, 1.807) is 0 Å². The minimum atomic E-state index is -2.45. The molecule has 160 valence electrons. The number of benzene rings is 2. The van der Waals surface area contributed by atoms with Gasteiger partial charge in [0.2, 0.25) is 0 Å². The average Bonchev–Trinajstić information content (AvgIpc) is 3.11. The van der Waals surface area contributed by atoms with Gasteiger partial charge in [-0.25, -0.2) is 0 Å². The molecule has 0 bridgehead atoms. The topological polar surface area (TPSA) is 109 Å². The molecule has 5 N–H and O–H groups in total. The lowest BCUT2D eigenvalue weighted by Crippen LogP contribution is -2.19. The lowest BCUT2D eigenvalue weighted by Gasteiger charge is -2.39. The Bertz CT molecular complexity index is 1080. The van der Waals surface area contributed by atoms with Crippen LogP contribution in [0.2, 0.25) is 0 Å². The van der Waals surface area contributed by atoms with Gasteiger partial charge in [0.05, 0.1) is 17.2 Å². The summed E-state index contributed by atoms with van der Waals surface area (Å²) in [6, 6.07) is 11.7. The van der Waals surface area contributed by atoms with Gasteiger partial charge in [-0.15, -0.1) is 0 Å². The maximum absolute atomic E-state index is 12.2. The third kappa shape index (κ3) is 4.19. The summed E-state index contributed by atoms with van der Waals surface area (Å²) in [6.45, 7) is 3.96. The fraction of sp³-hybridized carbons (Fsp3) is 0.348. The minimum Gasteiger partial charge on any atom is -0.491 e. The van der Waals surface area contributed by atoms with Crippen LogP contribution in [0, 0.1) is 0 Å². The van der Waals surface area contributed by atoms with Gasteiger partial charge in [-0.05, 0) is 73.6 Å². The molecule has 0 aliphatic carbocycles. The van der Waals surface area contributed by atoms with Crippen molar-refractivity contribution in [2.45, 2.75) is 38.7 Å². The smallest absolute Gasteiger partial charge is 0.250 e. The van der Waals surface area contributed by atoms with Crippen molar-refractivity contribution in [3.63, 3.8) is 0 Å². The molecule has 0 saturated carbocycles. The highest BCUT2D eigenvalue weighted by atomic mass is 32.3. The second-order valence-electron chi connectivity index (χ2n) is 8.23. The van der Waals surface area contributed by atoms with Gasteiger partial charge in [0, 0.05) is 23.1 Å². The zero-order chi connectivity index (χ0) is 21.5. The van der Waals surface area contributed by atoms with Gasteiger partial charge in [-0.3, -0.25) is 13.9 Å². The van der Waals surface area contributed by atoms with Gasteiger partial charge in [-0.1, -0.05) is 12.1 Å². The van der Waals surface area contributed by atoms with Crippen LogP contribution in [0.4, 0.5) is 0 Å². The molecule has 0 unspecified atom stereocenters. The van der Waals surface area contributed by atoms with Gasteiger partial charge >= 0.3 is 0 Å². The van der Waals surface area contributed by atoms with Crippen molar-refractivity contribution in [1.82, 2.24) is 4.98 Å². The molecule has 1 fully saturated rings. The van der Waals surface area contributed by atoms with E-state index in [0.29, 0.717) is 29.9 Å². The van der Waals surface area contributed by atoms with Crippen molar-refractivity contribution in [1.29, 1.82) is 0 Å². The molecule has 0 spiro atoms. The Morgan fingerprint density at radius 2 is 1.90 bits per heavy atom. The van der Waals surface area contributed by atoms with Gasteiger partial charge in [-0.2, -0.15) is 10.6 Å². The molecule has 1 aliphatic rings. The average molecular weight is 429 g/mol. The number of rotatable bonds is 5. The number of carbonyl (C=O) groups is 1. The molecule has 6 nitrogen and oxygen atoms in total. The Labute approximate surface area is 177 Å². The Morgan fingerprint density at radius 3 is 2.57 bits per heavy atom. The Kier molecular flexibility index (Phi) is 5.53. The van der Waals surface area contributed by atoms with Crippen LogP contribution < -0.4 is 10.5 Å². The Balaban J connectivity index is 1.79. The highest BCUT2D eigenvalue weighted by molar-refractivity contribution is 8.24. The molecule has 1 aromatic heterocycles. The van der Waals surface area contributed by atoms with Crippen LogP contribution in [-0.2, 0) is 0 Å². The summed E-state index contributed by atoms with van der Waals surface area (Å²) in [5.74, 6) is 1.34. The molecule has 2 aromatic carbocycles. The van der Waals surface area contributed by atoms with Crippen LogP contribution >= 0.6 is 10.6 Å². The van der Waals surface area contributed by atoms with Crippen LogP contribution in [0.25, 0.3) is 22.0 Å². The fourth-order valence-electron chi connectivity index (χ4n) is 4.19. The first-order chi connectivity index (χ1) is 14.2. The number of H-pyrrole nitrogens is 1. The predicted molar refractivity (Wildman–Crippen MR) is 123 cm³/mol. The molecule has 7 heteroatoms. The standard InChI is InChI=1S/C23H28N2O4S/c1-14(2)29-18-5-3-4-16(10-18)17-11-19-21(15-6-8-30(27,28)9-7-15)13-25-22(19)20(12-17)23(24)26/h3-5,10-15,25,27-28H,6-9H2,1-2H3,(H2,24,26). The number of ether oxygens (including phenoxy) is 1. The summed E-state index contributed by atoms with van der Waals surface area (Å²) < 4.78 is 25.7. The largest absolute Gasteiger partial charge is 0.491 e. The summed E-state index contributed by atoms with van der Waals surface area (Å²) in [5, 5.41) is 0.958. The molecular weight excluding hydrogens is 400 g/mol. The first kappa shape index (κ1) is 20.8. The van der Waals surface area contributed by atoms with Crippen molar-refractivity contribution in [2.24, 2.45) is 5.73 Å². The number of nitrogens with two attached hydrogens (primary N) is 1. The highest BCUT2D eigenvalue weighted by Gasteiger charge is 2.27. The summed E-state index contributed by atoms with van der Waals surface area (Å²) >= 11 is 0. The zero-order valence-corrected chi connectivity index (χ0v) is 18.0. The van der Waals surface area contributed by atoms with Crippen LogP contribution in [-0.4, -0.2) is 37.6 Å². The van der Waals surface area contributed by atoms with Crippen LogP contribution in [0.15, 0.2) is 42.6 Å². The van der Waals surface area contributed by atoms with E-state index >= 15 is 0 Å². The molecule has 4 rings (SSSR count). The quantitative estimate of drug-likeness (QED) is 0.439. The van der Waals surface area contributed by atoms with E-state index in [0.717, 1.165) is 33.3 Å². The van der Waals surface area contributed by atoms with E-state index in [9.17, 15) is 13.9 Å². The van der Waals surface area contributed by atoms with Gasteiger partial charge < -0.3 is 15.5 Å². The molecule has 0 atom stereocenters. The molecule has 2 heterocycles. The first-order valence-electron chi connectivity index (χ1n) is 10.2. The second-order valence-corrected chi connectivity index (χ2v) is 10.7. The zero-order valence-electron chi connectivity index (χ0n) is 17.2. The highest BCUT2D eigenvalue weighted by Crippen LogP contribution is 2.49. The number of fused-ring (bicyclic) bond motifs is 1. The number of carbonyl (C=O) groups excluding carboxylic acids is 1. The van der Waals surface area contributed by atoms with E-state index in [-0.39, 0.29) is 12.0 Å². The number of hydrogen-bond donors (Lipinski definition) is 4. The van der Waals surface area contributed by atoms with Crippen molar-refractivity contribution in [3.8, 4) is 16.9 Å². The number of hydrogen-bond acceptors (Lipinski definition) is 4. The predicted octanol–water partition coefficient (Wildman–Crippen LogP) is 5.35. The number of amides is 1. The SMILES string of the molecule is CC(C)Oc1cccc(-c2cc(C(N)=O)c3[nH]cc(C4CCS(O)(O)CC4)c3c2)c1. The minimum absolute atomic E-state index is 0.0683. The Hall–Kier alpha value is -2.48. The molecule has 1 amide bonds. The van der Waals surface area contributed by atoms with Crippen molar-refractivity contribution in [2.75, 3.05) is 11.5 Å². The summed E-state index contributed by atoms with van der Waals surface area (Å²) in [6.07, 6.45) is 3.42. The lowest BCUT2D eigenvalue weighted by molar-refractivity contribution is 0.100. The molecule has 30 heavy (non-hydrogen) atoms. The van der Waals surface area contributed by atoms with E-state index in [1.807, 2.05) is 50.4 Å². The molecule has 1 aliphatic heterocycles. The number of nitrogens with one attached hydrogen (secondary N) is 1. The van der Waals surface area contributed by atoms with Gasteiger partial charge in [0.1, 0.15) is 5.75 Å². The maximum atomic E-state index is 12.2. The summed E-state index contributed by atoms with van der Waals surface area (Å²) in [5.41, 5.74) is 9.82. The van der Waals surface area contributed by atoms with Gasteiger partial charge in [0.25, 0.3) is 5.91 Å². The van der Waals surface area contributed by atoms with Gasteiger partial charge in [0.15, 0.2) is 0 Å². The number of aromatic nitrogens is 1. The van der Waals surface area contributed by atoms with Crippen LogP contribution in [0.5, 0.6) is 5.75 Å². The monoisotopic (exact) mass is 428 g/mol. The Morgan fingerprint density at radius 1 is 1.17 bits per heavy atom. The molecule has 0 radical (unpaired) electrons. The fourth-order valence-corrected chi connectivity index (χ4v) is 5.72. The van der Waals surface area contributed by atoms with Crippen LogP contribution in [0.3, 0.4) is 0 Å². The molecule has 3 aromatic rings.